The number of hydrogen-bond acceptors (Lipinski definition) is 1. The van der Waals surface area contributed by atoms with Gasteiger partial charge in [-0.15, -0.1) is 0 Å². The van der Waals surface area contributed by atoms with Crippen LogP contribution >= 0.6 is 0 Å². The second-order valence-corrected chi connectivity index (χ2v) is 3.25. The van der Waals surface area contributed by atoms with Gasteiger partial charge in [0, 0.05) is 14.1 Å². The standard InChI is InChI=1S/C10H11F3N2/c1-15(2)7-14-9-5-3-8(4-6-9)10(11,12)13/h3-7H,1-2H3. The zero-order chi connectivity index (χ0) is 11.5. The van der Waals surface area contributed by atoms with E-state index in [-0.39, 0.29) is 0 Å². The van der Waals surface area contributed by atoms with Crippen molar-refractivity contribution >= 4 is 12.0 Å². The third-order valence-electron chi connectivity index (χ3n) is 1.63. The molecular weight excluding hydrogens is 205 g/mol. The summed E-state index contributed by atoms with van der Waals surface area (Å²) in [5, 5.41) is 0. The molecule has 0 amide bonds. The van der Waals surface area contributed by atoms with Crippen molar-refractivity contribution in [2.75, 3.05) is 14.1 Å². The lowest BCUT2D eigenvalue weighted by molar-refractivity contribution is -0.137. The maximum absolute atomic E-state index is 12.2. The van der Waals surface area contributed by atoms with E-state index in [2.05, 4.69) is 4.99 Å². The number of hydrogen-bond donors (Lipinski definition) is 0. The van der Waals surface area contributed by atoms with Crippen LogP contribution in [-0.4, -0.2) is 25.3 Å². The Kier molecular flexibility index (Phi) is 3.34. The molecule has 0 radical (unpaired) electrons. The SMILES string of the molecule is CN(C)C=Nc1ccc(C(F)(F)F)cc1. The fourth-order valence-electron chi connectivity index (χ4n) is 0.919. The Hall–Kier alpha value is -1.52. The highest BCUT2D eigenvalue weighted by atomic mass is 19.4. The summed E-state index contributed by atoms with van der Waals surface area (Å²) in [5.41, 5.74) is -0.164. The molecule has 0 fully saturated rings. The van der Waals surface area contributed by atoms with Gasteiger partial charge in [0.1, 0.15) is 0 Å². The number of benzene rings is 1. The minimum Gasteiger partial charge on any atom is -0.369 e. The predicted octanol–water partition coefficient (Wildman–Crippen LogP) is 2.93. The molecule has 0 saturated heterocycles. The van der Waals surface area contributed by atoms with Gasteiger partial charge in [0.25, 0.3) is 0 Å². The maximum atomic E-state index is 12.2. The summed E-state index contributed by atoms with van der Waals surface area (Å²) in [4.78, 5) is 5.67. The summed E-state index contributed by atoms with van der Waals surface area (Å²) < 4.78 is 36.6. The summed E-state index contributed by atoms with van der Waals surface area (Å²) >= 11 is 0. The fourth-order valence-corrected chi connectivity index (χ4v) is 0.919. The average Bonchev–Trinajstić information content (AvgIpc) is 2.14. The van der Waals surface area contributed by atoms with Crippen LogP contribution in [0.1, 0.15) is 5.56 Å². The summed E-state index contributed by atoms with van der Waals surface area (Å²) in [7, 11) is 3.57. The maximum Gasteiger partial charge on any atom is 0.416 e. The monoisotopic (exact) mass is 216 g/mol. The molecule has 1 rings (SSSR count). The normalized spacial score (nSPS) is 12.1. The molecule has 1 aromatic rings. The number of halogens is 3. The van der Waals surface area contributed by atoms with Crippen LogP contribution in [-0.2, 0) is 6.18 Å². The van der Waals surface area contributed by atoms with Crippen molar-refractivity contribution < 1.29 is 13.2 Å². The molecule has 0 spiro atoms. The van der Waals surface area contributed by atoms with Crippen LogP contribution in [0.25, 0.3) is 0 Å². The molecule has 0 aliphatic heterocycles. The van der Waals surface area contributed by atoms with Gasteiger partial charge in [-0.3, -0.25) is 0 Å². The molecule has 5 heteroatoms. The van der Waals surface area contributed by atoms with Crippen LogP contribution < -0.4 is 0 Å². The molecule has 0 atom stereocenters. The quantitative estimate of drug-likeness (QED) is 0.548. The Morgan fingerprint density at radius 2 is 1.67 bits per heavy atom. The van der Waals surface area contributed by atoms with Gasteiger partial charge in [-0.25, -0.2) is 4.99 Å². The molecular formula is C10H11F3N2. The molecule has 0 N–H and O–H groups in total. The van der Waals surface area contributed by atoms with E-state index >= 15 is 0 Å². The lowest BCUT2D eigenvalue weighted by Crippen LogP contribution is -2.07. The third-order valence-corrected chi connectivity index (χ3v) is 1.63. The fraction of sp³-hybridized carbons (Fsp3) is 0.300. The van der Waals surface area contributed by atoms with E-state index < -0.39 is 11.7 Å². The van der Waals surface area contributed by atoms with Crippen molar-refractivity contribution in [1.82, 2.24) is 4.90 Å². The lowest BCUT2D eigenvalue weighted by atomic mass is 10.2. The van der Waals surface area contributed by atoms with Gasteiger partial charge in [-0.2, -0.15) is 13.2 Å². The molecule has 0 aliphatic rings. The summed E-state index contributed by atoms with van der Waals surface area (Å²) in [6, 6.07) is 4.70. The van der Waals surface area contributed by atoms with E-state index in [1.807, 2.05) is 0 Å². The van der Waals surface area contributed by atoms with Crippen molar-refractivity contribution in [3.8, 4) is 0 Å². The van der Waals surface area contributed by atoms with Crippen molar-refractivity contribution in [2.45, 2.75) is 6.18 Å². The van der Waals surface area contributed by atoms with Crippen LogP contribution in [0, 0.1) is 0 Å². The van der Waals surface area contributed by atoms with Crippen LogP contribution in [0.3, 0.4) is 0 Å². The van der Waals surface area contributed by atoms with Gasteiger partial charge in [0.2, 0.25) is 0 Å². The van der Waals surface area contributed by atoms with E-state index in [4.69, 9.17) is 0 Å². The third kappa shape index (κ3) is 3.61. The van der Waals surface area contributed by atoms with E-state index in [1.165, 1.54) is 18.5 Å². The largest absolute Gasteiger partial charge is 0.416 e. The van der Waals surface area contributed by atoms with E-state index in [0.717, 1.165) is 12.1 Å². The first-order chi connectivity index (χ1) is 6.89. The first-order valence-corrected chi connectivity index (χ1v) is 4.27. The molecule has 0 bridgehead atoms. The smallest absolute Gasteiger partial charge is 0.369 e. The summed E-state index contributed by atoms with van der Waals surface area (Å²) in [6.07, 6.45) is -2.76. The van der Waals surface area contributed by atoms with Crippen LogP contribution in [0.5, 0.6) is 0 Å². The summed E-state index contributed by atoms with van der Waals surface area (Å²) in [5.74, 6) is 0. The Morgan fingerprint density at radius 3 is 2.07 bits per heavy atom. The van der Waals surface area contributed by atoms with Crippen LogP contribution in [0.4, 0.5) is 18.9 Å². The Morgan fingerprint density at radius 1 is 1.13 bits per heavy atom. The molecule has 1 aromatic carbocycles. The second-order valence-electron chi connectivity index (χ2n) is 3.25. The van der Waals surface area contributed by atoms with E-state index in [0.29, 0.717) is 5.69 Å². The van der Waals surface area contributed by atoms with Crippen molar-refractivity contribution in [1.29, 1.82) is 0 Å². The van der Waals surface area contributed by atoms with Gasteiger partial charge >= 0.3 is 6.18 Å². The van der Waals surface area contributed by atoms with Gasteiger partial charge in [0.15, 0.2) is 0 Å². The molecule has 82 valence electrons. The zero-order valence-corrected chi connectivity index (χ0v) is 8.42. The highest BCUT2D eigenvalue weighted by Crippen LogP contribution is 2.30. The van der Waals surface area contributed by atoms with E-state index in [1.54, 1.807) is 19.0 Å². The number of nitrogens with zero attached hydrogens (tertiary/aromatic N) is 2. The first-order valence-electron chi connectivity index (χ1n) is 4.27. The molecule has 0 aliphatic carbocycles. The Bertz CT molecular complexity index is 339. The van der Waals surface area contributed by atoms with E-state index in [9.17, 15) is 13.2 Å². The highest BCUT2D eigenvalue weighted by Gasteiger charge is 2.29. The van der Waals surface area contributed by atoms with Crippen LogP contribution in [0.15, 0.2) is 29.3 Å². The lowest BCUT2D eigenvalue weighted by Gasteiger charge is -2.06. The minimum absolute atomic E-state index is 0.497. The molecule has 0 unspecified atom stereocenters. The second kappa shape index (κ2) is 4.33. The highest BCUT2D eigenvalue weighted by molar-refractivity contribution is 5.60. The zero-order valence-electron chi connectivity index (χ0n) is 8.42. The number of rotatable bonds is 2. The Labute approximate surface area is 86.0 Å². The molecule has 0 saturated carbocycles. The topological polar surface area (TPSA) is 15.6 Å². The molecule has 2 nitrogen and oxygen atoms in total. The predicted molar refractivity (Wildman–Crippen MR) is 53.3 cm³/mol. The van der Waals surface area contributed by atoms with Gasteiger partial charge in [0.05, 0.1) is 17.6 Å². The minimum atomic E-state index is -4.29. The molecule has 15 heavy (non-hydrogen) atoms. The van der Waals surface area contributed by atoms with Crippen molar-refractivity contribution in [3.05, 3.63) is 29.8 Å². The van der Waals surface area contributed by atoms with Crippen molar-refractivity contribution in [2.24, 2.45) is 4.99 Å². The van der Waals surface area contributed by atoms with Gasteiger partial charge in [-0.05, 0) is 24.3 Å². The first kappa shape index (κ1) is 11.6. The average molecular weight is 216 g/mol. The molecule has 0 heterocycles. The molecule has 0 aromatic heterocycles. The van der Waals surface area contributed by atoms with Gasteiger partial charge in [-0.1, -0.05) is 0 Å². The Balaban J connectivity index is 2.82. The van der Waals surface area contributed by atoms with Crippen LogP contribution in [0.2, 0.25) is 0 Å². The number of aliphatic imine (C=N–C) groups is 1. The van der Waals surface area contributed by atoms with Gasteiger partial charge < -0.3 is 4.90 Å². The van der Waals surface area contributed by atoms with Crippen molar-refractivity contribution in [3.63, 3.8) is 0 Å². The summed E-state index contributed by atoms with van der Waals surface area (Å²) in [6.45, 7) is 0. The number of alkyl halides is 3.